The average Bonchev–Trinajstić information content (AvgIpc) is 2.76. The molecule has 4 nitrogen and oxygen atoms in total. The zero-order valence-electron chi connectivity index (χ0n) is 14.7. The fourth-order valence-electron chi connectivity index (χ4n) is 3.48. The number of carbonyl (C=O) groups excluding carboxylic acids is 1. The normalized spacial score (nSPS) is 23.0. The molecule has 3 rings (SSSR count). The lowest BCUT2D eigenvalue weighted by molar-refractivity contribution is 0.0996. The van der Waals surface area contributed by atoms with E-state index in [-0.39, 0.29) is 28.6 Å². The molecule has 2 aliphatic rings. The highest BCUT2D eigenvalue weighted by molar-refractivity contribution is 8.93. The molecule has 1 saturated heterocycles. The van der Waals surface area contributed by atoms with Gasteiger partial charge in [-0.2, -0.15) is 0 Å². The fraction of sp³-hybridized carbons (Fsp3) is 0.556. The maximum absolute atomic E-state index is 14.2. The number of carbonyl (C=O) groups is 1. The monoisotopic (exact) mass is 463 g/mol. The first-order valence-corrected chi connectivity index (χ1v) is 10.1. The third-order valence-electron chi connectivity index (χ3n) is 4.97. The van der Waals surface area contributed by atoms with Gasteiger partial charge in [-0.05, 0) is 30.5 Å². The lowest BCUT2D eigenvalue weighted by Gasteiger charge is -2.23. The van der Waals surface area contributed by atoms with Gasteiger partial charge in [0.2, 0.25) is 0 Å². The van der Waals surface area contributed by atoms with E-state index in [1.54, 1.807) is 11.8 Å². The molecule has 2 N–H and O–H groups in total. The zero-order chi connectivity index (χ0) is 18.0. The molecule has 1 amide bonds. The van der Waals surface area contributed by atoms with Gasteiger partial charge < -0.3 is 10.6 Å². The number of benzene rings is 1. The van der Waals surface area contributed by atoms with Crippen LogP contribution < -0.4 is 5.73 Å². The predicted molar refractivity (Wildman–Crippen MR) is 112 cm³/mol. The van der Waals surface area contributed by atoms with Gasteiger partial charge in [-0.15, -0.1) is 17.0 Å². The molecule has 0 spiro atoms. The van der Waals surface area contributed by atoms with Crippen molar-refractivity contribution < 1.29 is 9.18 Å². The van der Waals surface area contributed by atoms with Crippen LogP contribution in [-0.4, -0.2) is 34.8 Å². The first kappa shape index (κ1) is 21.5. The lowest BCUT2D eigenvalue weighted by atomic mass is 10.0. The van der Waals surface area contributed by atoms with Crippen LogP contribution >= 0.6 is 40.3 Å². The third-order valence-corrected chi connectivity index (χ3v) is 6.43. The van der Waals surface area contributed by atoms with Crippen LogP contribution in [0.25, 0.3) is 0 Å². The number of hydrogen-bond donors (Lipinski definition) is 1. The number of rotatable bonds is 3. The molecule has 1 heterocycles. The summed E-state index contributed by atoms with van der Waals surface area (Å²) in [5.74, 6) is -0.674. The van der Waals surface area contributed by atoms with Crippen molar-refractivity contribution in [2.45, 2.75) is 50.6 Å². The molecular weight excluding hydrogens is 441 g/mol. The summed E-state index contributed by atoms with van der Waals surface area (Å²) in [6.07, 6.45) is 7.37. The Bertz CT molecular complexity index is 695. The summed E-state index contributed by atoms with van der Waals surface area (Å²) >= 11 is 7.98. The van der Waals surface area contributed by atoms with E-state index in [1.165, 1.54) is 37.8 Å². The maximum Gasteiger partial charge on any atom is 0.251 e. The van der Waals surface area contributed by atoms with E-state index in [0.29, 0.717) is 16.6 Å². The summed E-state index contributed by atoms with van der Waals surface area (Å²) in [5.41, 5.74) is 5.68. The molecule has 0 aromatic heterocycles. The summed E-state index contributed by atoms with van der Waals surface area (Å²) in [4.78, 5) is 18.3. The highest BCUT2D eigenvalue weighted by Crippen LogP contribution is 2.38. The number of thioether (sulfide) groups is 1. The minimum Gasteiger partial charge on any atom is -0.366 e. The van der Waals surface area contributed by atoms with Crippen LogP contribution in [0.3, 0.4) is 0 Å². The molecule has 1 atom stereocenters. The Labute approximate surface area is 173 Å². The Morgan fingerprint density at radius 2 is 1.96 bits per heavy atom. The van der Waals surface area contributed by atoms with Crippen molar-refractivity contribution in [1.29, 1.82) is 0 Å². The number of amidine groups is 1. The van der Waals surface area contributed by atoms with Crippen molar-refractivity contribution in [2.24, 2.45) is 10.7 Å². The van der Waals surface area contributed by atoms with Crippen LogP contribution in [0.2, 0.25) is 5.02 Å². The highest BCUT2D eigenvalue weighted by atomic mass is 79.9. The van der Waals surface area contributed by atoms with Crippen LogP contribution in [0, 0.1) is 5.82 Å². The van der Waals surface area contributed by atoms with Gasteiger partial charge in [-0.25, -0.2) is 4.39 Å². The van der Waals surface area contributed by atoms with Crippen molar-refractivity contribution in [3.8, 4) is 0 Å². The first-order valence-electron chi connectivity index (χ1n) is 8.69. The molecule has 0 bridgehead atoms. The van der Waals surface area contributed by atoms with Gasteiger partial charge in [0.05, 0.1) is 17.6 Å². The number of primary amides is 1. The Kier molecular flexibility index (Phi) is 7.79. The van der Waals surface area contributed by atoms with Gasteiger partial charge >= 0.3 is 0 Å². The van der Waals surface area contributed by atoms with Crippen molar-refractivity contribution in [2.75, 3.05) is 12.8 Å². The summed E-state index contributed by atoms with van der Waals surface area (Å²) in [6, 6.07) is 2.99. The predicted octanol–water partition coefficient (Wildman–Crippen LogP) is 4.95. The molecule has 1 saturated carbocycles. The van der Waals surface area contributed by atoms with Crippen LogP contribution in [0.15, 0.2) is 17.1 Å². The first-order chi connectivity index (χ1) is 12.0. The molecule has 144 valence electrons. The van der Waals surface area contributed by atoms with E-state index in [0.717, 1.165) is 23.8 Å². The number of nitrogens with zero attached hydrogens (tertiary/aromatic N) is 2. The molecule has 1 aliphatic heterocycles. The van der Waals surface area contributed by atoms with Gasteiger partial charge in [0.25, 0.3) is 5.91 Å². The van der Waals surface area contributed by atoms with E-state index in [1.807, 2.05) is 7.05 Å². The van der Waals surface area contributed by atoms with Crippen molar-refractivity contribution in [1.82, 2.24) is 4.90 Å². The number of halogens is 3. The smallest absolute Gasteiger partial charge is 0.251 e. The number of aliphatic imine (C=N–C) groups is 1. The van der Waals surface area contributed by atoms with Gasteiger partial charge in [0.15, 0.2) is 5.17 Å². The SMILES string of the molecule is Br.CN1C(=NC2CCCCCC2)SCC1c1cc(F)c(C(N)=O)cc1Cl. The molecule has 1 aromatic carbocycles. The standard InChI is InChI=1S/C18H23ClFN3OS.BrH/c1-23-16(12-9-15(20)13(17(21)24)8-14(12)19)10-25-18(23)22-11-6-4-2-3-5-7-11;/h8-9,11,16H,2-7,10H2,1H3,(H2,21,24);1H. The average molecular weight is 465 g/mol. The van der Waals surface area contributed by atoms with Crippen molar-refractivity contribution >= 4 is 51.4 Å². The third kappa shape index (κ3) is 4.73. The van der Waals surface area contributed by atoms with E-state index >= 15 is 0 Å². The maximum atomic E-state index is 14.2. The quantitative estimate of drug-likeness (QED) is 0.644. The molecule has 1 aromatic rings. The molecule has 1 aliphatic carbocycles. The van der Waals surface area contributed by atoms with Gasteiger partial charge in [-0.1, -0.05) is 49.0 Å². The van der Waals surface area contributed by atoms with E-state index in [2.05, 4.69) is 4.90 Å². The number of amides is 1. The van der Waals surface area contributed by atoms with Crippen LogP contribution in [0.5, 0.6) is 0 Å². The zero-order valence-corrected chi connectivity index (χ0v) is 18.0. The second-order valence-corrected chi connectivity index (χ2v) is 8.11. The molecule has 26 heavy (non-hydrogen) atoms. The van der Waals surface area contributed by atoms with Crippen LogP contribution in [0.1, 0.15) is 60.5 Å². The second-order valence-electron chi connectivity index (χ2n) is 6.71. The summed E-state index contributed by atoms with van der Waals surface area (Å²) in [7, 11) is 1.97. The minimum absolute atomic E-state index is 0. The summed E-state index contributed by atoms with van der Waals surface area (Å²) < 4.78 is 14.2. The summed E-state index contributed by atoms with van der Waals surface area (Å²) in [5, 5.41) is 1.36. The van der Waals surface area contributed by atoms with E-state index in [9.17, 15) is 9.18 Å². The topological polar surface area (TPSA) is 58.7 Å². The minimum atomic E-state index is -0.810. The molecule has 8 heteroatoms. The fourth-order valence-corrected chi connectivity index (χ4v) is 5.03. The van der Waals surface area contributed by atoms with E-state index in [4.69, 9.17) is 22.3 Å². The largest absolute Gasteiger partial charge is 0.366 e. The van der Waals surface area contributed by atoms with Gasteiger partial charge in [0, 0.05) is 17.8 Å². The highest BCUT2D eigenvalue weighted by Gasteiger charge is 2.31. The van der Waals surface area contributed by atoms with Crippen molar-refractivity contribution in [3.05, 3.63) is 34.1 Å². The molecule has 1 unspecified atom stereocenters. The second kappa shape index (κ2) is 9.42. The van der Waals surface area contributed by atoms with Gasteiger partial charge in [0.1, 0.15) is 5.82 Å². The van der Waals surface area contributed by atoms with Crippen molar-refractivity contribution in [3.63, 3.8) is 0 Å². The summed E-state index contributed by atoms with van der Waals surface area (Å²) in [6.45, 7) is 0. The Hall–Kier alpha value is -0.790. The number of hydrogen-bond acceptors (Lipinski definition) is 3. The van der Waals surface area contributed by atoms with Crippen LogP contribution in [-0.2, 0) is 0 Å². The van der Waals surface area contributed by atoms with Gasteiger partial charge in [-0.3, -0.25) is 9.79 Å². The Balaban J connectivity index is 0.00000243. The molecular formula is C18H24BrClFN3OS. The van der Waals surface area contributed by atoms with E-state index < -0.39 is 11.7 Å². The lowest BCUT2D eigenvalue weighted by Crippen LogP contribution is -2.25. The Morgan fingerprint density at radius 3 is 2.58 bits per heavy atom. The molecule has 2 fully saturated rings. The van der Waals surface area contributed by atoms with Crippen LogP contribution in [0.4, 0.5) is 4.39 Å². The Morgan fingerprint density at radius 1 is 1.31 bits per heavy atom. The number of nitrogens with two attached hydrogens (primary N) is 1. The molecule has 0 radical (unpaired) electrons.